The van der Waals surface area contributed by atoms with Gasteiger partial charge in [0.25, 0.3) is 0 Å². The number of Topliss-reactive ketones (excluding diaryl/α,β-unsaturated/α-hetero) is 1. The van der Waals surface area contributed by atoms with Crippen LogP contribution in [0.15, 0.2) is 18.2 Å². The Balaban J connectivity index is 1.82. The van der Waals surface area contributed by atoms with Crippen molar-refractivity contribution in [3.63, 3.8) is 0 Å². The lowest BCUT2D eigenvalue weighted by Crippen LogP contribution is -2.59. The van der Waals surface area contributed by atoms with Crippen molar-refractivity contribution in [2.24, 2.45) is 22.7 Å². The molecule has 0 spiro atoms. The van der Waals surface area contributed by atoms with E-state index in [-0.39, 0.29) is 16.2 Å². The van der Waals surface area contributed by atoms with Crippen LogP contribution in [0.5, 0.6) is 5.75 Å². The predicted molar refractivity (Wildman–Crippen MR) is 96.1 cm³/mol. The molecule has 130 valence electrons. The SMILES string of the molecule is CC1(C)C(=O)CC[C@]2(C)[C@H]3CCc4ccc(O)cc4[C@]3(C)CC[C@@H]12. The molecule has 3 aliphatic carbocycles. The largest absolute Gasteiger partial charge is 0.508 e. The fourth-order valence-corrected chi connectivity index (χ4v) is 6.94. The molecule has 2 heteroatoms. The molecule has 0 amide bonds. The molecular formula is C22H30O2. The van der Waals surface area contributed by atoms with E-state index in [2.05, 4.69) is 33.8 Å². The maximum Gasteiger partial charge on any atom is 0.138 e. The van der Waals surface area contributed by atoms with E-state index in [1.54, 1.807) is 0 Å². The van der Waals surface area contributed by atoms with Crippen LogP contribution >= 0.6 is 0 Å². The summed E-state index contributed by atoms with van der Waals surface area (Å²) in [6, 6.07) is 5.97. The van der Waals surface area contributed by atoms with Gasteiger partial charge in [0.05, 0.1) is 0 Å². The van der Waals surface area contributed by atoms with Crippen LogP contribution < -0.4 is 0 Å². The van der Waals surface area contributed by atoms with Crippen molar-refractivity contribution in [3.8, 4) is 5.75 Å². The normalized spacial score (nSPS) is 40.4. The third-order valence-electron chi connectivity index (χ3n) is 8.21. The van der Waals surface area contributed by atoms with Gasteiger partial charge in [0.1, 0.15) is 11.5 Å². The number of phenolic OH excluding ortho intramolecular Hbond substituents is 1. The van der Waals surface area contributed by atoms with Gasteiger partial charge in [-0.15, -0.1) is 0 Å². The Morgan fingerprint density at radius 1 is 1.00 bits per heavy atom. The van der Waals surface area contributed by atoms with Gasteiger partial charge in [-0.05, 0) is 78.0 Å². The lowest BCUT2D eigenvalue weighted by Gasteiger charge is -2.63. The Kier molecular flexibility index (Phi) is 3.28. The predicted octanol–water partition coefficient (Wildman–Crippen LogP) is 5.02. The number of hydrogen-bond donors (Lipinski definition) is 1. The summed E-state index contributed by atoms with van der Waals surface area (Å²) < 4.78 is 0. The van der Waals surface area contributed by atoms with E-state index in [4.69, 9.17) is 0 Å². The Morgan fingerprint density at radius 2 is 1.75 bits per heavy atom. The van der Waals surface area contributed by atoms with Crippen molar-refractivity contribution < 1.29 is 9.90 Å². The fraction of sp³-hybridized carbons (Fsp3) is 0.682. The summed E-state index contributed by atoms with van der Waals surface area (Å²) in [6.07, 6.45) is 6.34. The Labute approximate surface area is 145 Å². The van der Waals surface area contributed by atoms with Gasteiger partial charge in [-0.1, -0.05) is 33.8 Å². The topological polar surface area (TPSA) is 37.3 Å². The Hall–Kier alpha value is -1.31. The summed E-state index contributed by atoms with van der Waals surface area (Å²) >= 11 is 0. The number of hydrogen-bond acceptors (Lipinski definition) is 2. The van der Waals surface area contributed by atoms with Crippen molar-refractivity contribution in [1.29, 1.82) is 0 Å². The smallest absolute Gasteiger partial charge is 0.138 e. The highest BCUT2D eigenvalue weighted by atomic mass is 16.3. The molecule has 1 N–H and O–H groups in total. The minimum Gasteiger partial charge on any atom is -0.508 e. The quantitative estimate of drug-likeness (QED) is 0.727. The molecule has 0 bridgehead atoms. The molecule has 3 aliphatic rings. The lowest BCUT2D eigenvalue weighted by molar-refractivity contribution is -0.154. The number of aromatic hydroxyl groups is 1. The standard InChI is InChI=1S/C22H30O2/c1-20(2)17-9-11-21(3)16-13-15(23)7-5-14(16)6-8-18(21)22(17,4)12-10-19(20)24/h5,7,13,17-18,23H,6,8-12H2,1-4H3/t17-,18-,21-,22-/m0/s1. The summed E-state index contributed by atoms with van der Waals surface area (Å²) in [6.45, 7) is 9.24. The molecule has 1 aromatic rings. The van der Waals surface area contributed by atoms with Crippen molar-refractivity contribution in [3.05, 3.63) is 29.3 Å². The molecule has 0 saturated heterocycles. The molecule has 24 heavy (non-hydrogen) atoms. The van der Waals surface area contributed by atoms with Crippen molar-refractivity contribution >= 4 is 5.78 Å². The second-order valence-corrected chi connectivity index (χ2v) is 9.59. The van der Waals surface area contributed by atoms with Gasteiger partial charge in [-0.3, -0.25) is 4.79 Å². The number of phenols is 1. The molecule has 0 aliphatic heterocycles. The highest BCUT2D eigenvalue weighted by molar-refractivity contribution is 5.85. The third kappa shape index (κ3) is 1.92. The minimum absolute atomic E-state index is 0.133. The first-order chi connectivity index (χ1) is 11.2. The maximum atomic E-state index is 12.6. The van der Waals surface area contributed by atoms with Gasteiger partial charge in [0.15, 0.2) is 0 Å². The molecule has 1 aromatic carbocycles. The van der Waals surface area contributed by atoms with Crippen LogP contribution in [-0.2, 0) is 16.6 Å². The average Bonchev–Trinajstić information content (AvgIpc) is 2.51. The van der Waals surface area contributed by atoms with Crippen molar-refractivity contribution in [1.82, 2.24) is 0 Å². The zero-order valence-electron chi connectivity index (χ0n) is 15.5. The summed E-state index contributed by atoms with van der Waals surface area (Å²) in [5.74, 6) is 1.94. The molecule has 0 radical (unpaired) electrons. The number of aryl methyl sites for hydroxylation is 1. The van der Waals surface area contributed by atoms with Gasteiger partial charge in [0.2, 0.25) is 0 Å². The number of benzene rings is 1. The number of rotatable bonds is 0. The van der Waals surface area contributed by atoms with E-state index in [9.17, 15) is 9.90 Å². The van der Waals surface area contributed by atoms with Gasteiger partial charge >= 0.3 is 0 Å². The van der Waals surface area contributed by atoms with E-state index < -0.39 is 0 Å². The molecule has 0 aromatic heterocycles. The van der Waals surface area contributed by atoms with Gasteiger partial charge in [-0.25, -0.2) is 0 Å². The van der Waals surface area contributed by atoms with E-state index in [1.165, 1.54) is 17.5 Å². The van der Waals surface area contributed by atoms with Crippen LogP contribution in [-0.4, -0.2) is 10.9 Å². The number of carbonyl (C=O) groups is 1. The molecule has 2 fully saturated rings. The van der Waals surface area contributed by atoms with Gasteiger partial charge in [0, 0.05) is 11.8 Å². The van der Waals surface area contributed by atoms with Crippen molar-refractivity contribution in [2.75, 3.05) is 0 Å². The molecule has 0 unspecified atom stereocenters. The second-order valence-electron chi connectivity index (χ2n) is 9.59. The first-order valence-corrected chi connectivity index (χ1v) is 9.55. The average molecular weight is 326 g/mol. The van der Waals surface area contributed by atoms with Crippen LogP contribution in [0.2, 0.25) is 0 Å². The summed E-state index contributed by atoms with van der Waals surface area (Å²) in [4.78, 5) is 12.6. The van der Waals surface area contributed by atoms with Gasteiger partial charge in [-0.2, -0.15) is 0 Å². The number of carbonyl (C=O) groups excluding carboxylic acids is 1. The number of ketones is 1. The van der Waals surface area contributed by atoms with Crippen LogP contribution in [0.25, 0.3) is 0 Å². The van der Waals surface area contributed by atoms with E-state index in [0.717, 1.165) is 32.1 Å². The van der Waals surface area contributed by atoms with E-state index in [0.29, 0.717) is 23.4 Å². The Morgan fingerprint density at radius 3 is 2.50 bits per heavy atom. The van der Waals surface area contributed by atoms with Crippen LogP contribution in [0, 0.1) is 22.7 Å². The van der Waals surface area contributed by atoms with E-state index in [1.807, 2.05) is 12.1 Å². The highest BCUT2D eigenvalue weighted by Crippen LogP contribution is 2.66. The zero-order valence-corrected chi connectivity index (χ0v) is 15.5. The molecule has 2 saturated carbocycles. The fourth-order valence-electron chi connectivity index (χ4n) is 6.94. The molecule has 0 heterocycles. The van der Waals surface area contributed by atoms with Crippen LogP contribution in [0.4, 0.5) is 0 Å². The summed E-state index contributed by atoms with van der Waals surface area (Å²) in [5.41, 5.74) is 2.96. The molecule has 2 nitrogen and oxygen atoms in total. The molecular weight excluding hydrogens is 296 g/mol. The summed E-state index contributed by atoms with van der Waals surface area (Å²) in [5, 5.41) is 10.1. The molecule has 4 rings (SSSR count). The first kappa shape index (κ1) is 16.2. The van der Waals surface area contributed by atoms with Crippen LogP contribution in [0.3, 0.4) is 0 Å². The summed E-state index contributed by atoms with van der Waals surface area (Å²) in [7, 11) is 0. The lowest BCUT2D eigenvalue weighted by atomic mass is 9.40. The zero-order chi connectivity index (χ0) is 17.3. The monoisotopic (exact) mass is 326 g/mol. The highest BCUT2D eigenvalue weighted by Gasteiger charge is 2.61. The van der Waals surface area contributed by atoms with Crippen LogP contribution in [0.1, 0.15) is 70.9 Å². The minimum atomic E-state index is -0.187. The van der Waals surface area contributed by atoms with Gasteiger partial charge < -0.3 is 5.11 Å². The maximum absolute atomic E-state index is 12.6. The first-order valence-electron chi connectivity index (χ1n) is 9.55. The second kappa shape index (κ2) is 4.86. The third-order valence-corrected chi connectivity index (χ3v) is 8.21. The van der Waals surface area contributed by atoms with E-state index >= 15 is 0 Å². The molecule has 4 atom stereocenters. The Bertz CT molecular complexity index is 704. The number of fused-ring (bicyclic) bond motifs is 5. The van der Waals surface area contributed by atoms with Crippen molar-refractivity contribution in [2.45, 2.75) is 71.6 Å².